The average molecular weight is 573 g/mol. The predicted octanol–water partition coefficient (Wildman–Crippen LogP) is 5.44. The summed E-state index contributed by atoms with van der Waals surface area (Å²) in [6.45, 7) is 5.09. The van der Waals surface area contributed by atoms with Crippen molar-refractivity contribution in [3.05, 3.63) is 57.7 Å². The molecule has 0 spiro atoms. The predicted molar refractivity (Wildman–Crippen MR) is 156 cm³/mol. The Hall–Kier alpha value is -2.42. The van der Waals surface area contributed by atoms with Gasteiger partial charge in [-0.25, -0.2) is 0 Å². The molecule has 0 fully saturated rings. The number of methoxy groups -OCH3 is 2. The van der Waals surface area contributed by atoms with Crippen molar-refractivity contribution in [3.63, 3.8) is 0 Å². The molecule has 0 radical (unpaired) electrons. The fraction of sp³-hybridized carbons (Fsp3) is 0.517. The van der Waals surface area contributed by atoms with Gasteiger partial charge in [0.2, 0.25) is 0 Å². The van der Waals surface area contributed by atoms with Crippen LogP contribution in [-0.2, 0) is 6.54 Å². The van der Waals surface area contributed by atoms with Crippen LogP contribution in [0.15, 0.2) is 46.6 Å². The second kappa shape index (κ2) is 12.9. The quantitative estimate of drug-likeness (QED) is 0.277. The number of rotatable bonds is 13. The monoisotopic (exact) mass is 571 g/mol. The Morgan fingerprint density at radius 3 is 2.59 bits per heavy atom. The van der Waals surface area contributed by atoms with E-state index in [1.165, 1.54) is 36.2 Å². The van der Waals surface area contributed by atoms with Gasteiger partial charge in [0, 0.05) is 40.4 Å². The molecule has 3 N–H and O–H groups in total. The summed E-state index contributed by atoms with van der Waals surface area (Å²) in [4.78, 5) is 4.89. The van der Waals surface area contributed by atoms with E-state index < -0.39 is 0 Å². The van der Waals surface area contributed by atoms with E-state index in [-0.39, 0.29) is 6.17 Å². The Bertz CT molecular complexity index is 1090. The lowest BCUT2D eigenvalue weighted by Crippen LogP contribution is -2.44. The molecule has 37 heavy (non-hydrogen) atoms. The largest absolute Gasteiger partial charge is 0.497 e. The number of nitrogens with one attached hydrogen (secondary N) is 3. The fourth-order valence-corrected chi connectivity index (χ4v) is 5.55. The number of ether oxygens (including phenoxy) is 2. The summed E-state index contributed by atoms with van der Waals surface area (Å²) >= 11 is 3.71. The van der Waals surface area contributed by atoms with Gasteiger partial charge in [0.25, 0.3) is 0 Å². The minimum Gasteiger partial charge on any atom is -0.497 e. The van der Waals surface area contributed by atoms with Crippen molar-refractivity contribution >= 4 is 27.3 Å². The zero-order valence-electron chi connectivity index (χ0n) is 22.9. The molecule has 0 bridgehead atoms. The van der Waals surface area contributed by atoms with Crippen LogP contribution in [0, 0.1) is 0 Å². The Balaban J connectivity index is 1.62. The van der Waals surface area contributed by atoms with Crippen LogP contribution in [0.4, 0.5) is 5.69 Å². The minimum absolute atomic E-state index is 0.0358. The fourth-order valence-electron chi connectivity index (χ4n) is 5.19. The molecule has 8 heteroatoms. The molecular weight excluding hydrogens is 530 g/mol. The highest BCUT2D eigenvalue weighted by atomic mass is 79.9. The first kappa shape index (κ1) is 27.6. The molecule has 2 atom stereocenters. The van der Waals surface area contributed by atoms with Gasteiger partial charge >= 0.3 is 0 Å². The molecule has 0 amide bonds. The lowest BCUT2D eigenvalue weighted by atomic mass is 10.0. The molecule has 0 saturated carbocycles. The summed E-state index contributed by atoms with van der Waals surface area (Å²) in [7, 11) is 7.68. The lowest BCUT2D eigenvalue weighted by Gasteiger charge is -2.33. The van der Waals surface area contributed by atoms with Crippen molar-refractivity contribution in [2.45, 2.75) is 57.9 Å². The van der Waals surface area contributed by atoms with Crippen molar-refractivity contribution in [1.29, 1.82) is 0 Å². The van der Waals surface area contributed by atoms with Crippen LogP contribution in [0.3, 0.4) is 0 Å². The third kappa shape index (κ3) is 6.54. The van der Waals surface area contributed by atoms with Crippen molar-refractivity contribution in [2.24, 2.45) is 0 Å². The van der Waals surface area contributed by atoms with Crippen molar-refractivity contribution < 1.29 is 9.47 Å². The summed E-state index contributed by atoms with van der Waals surface area (Å²) in [5, 5.41) is 11.4. The van der Waals surface area contributed by atoms with E-state index in [9.17, 15) is 0 Å². The number of hydrogen-bond donors (Lipinski definition) is 3. The molecule has 2 aromatic carbocycles. The molecule has 2 heterocycles. The zero-order valence-corrected chi connectivity index (χ0v) is 24.5. The number of nitrogens with zero attached hydrogens (tertiary/aromatic N) is 2. The van der Waals surface area contributed by atoms with Crippen molar-refractivity contribution in [3.8, 4) is 11.5 Å². The number of hydrogen-bond acceptors (Lipinski definition) is 7. The number of unbranched alkanes of at least 4 members (excludes halogenated alkanes) is 2. The second-order valence-electron chi connectivity index (χ2n) is 10.1. The van der Waals surface area contributed by atoms with E-state index in [1.807, 2.05) is 12.1 Å². The van der Waals surface area contributed by atoms with Gasteiger partial charge in [0.1, 0.15) is 17.7 Å². The highest BCUT2D eigenvalue weighted by Gasteiger charge is 2.38. The Labute approximate surface area is 230 Å². The number of halogens is 1. The summed E-state index contributed by atoms with van der Waals surface area (Å²) in [6.07, 6.45) is 6.14. The first-order valence-electron chi connectivity index (χ1n) is 13.4. The second-order valence-corrected chi connectivity index (χ2v) is 11.0. The van der Waals surface area contributed by atoms with E-state index in [2.05, 4.69) is 87.0 Å². The highest BCUT2D eigenvalue weighted by Crippen LogP contribution is 2.41. The normalized spacial score (nSPS) is 18.4. The van der Waals surface area contributed by atoms with Gasteiger partial charge in [-0.2, -0.15) is 0 Å². The molecule has 202 valence electrons. The summed E-state index contributed by atoms with van der Waals surface area (Å²) in [5.74, 6) is 1.62. The number of benzene rings is 2. The third-order valence-corrected chi connectivity index (χ3v) is 7.64. The van der Waals surface area contributed by atoms with Gasteiger partial charge in [0.15, 0.2) is 0 Å². The Morgan fingerprint density at radius 2 is 1.86 bits per heavy atom. The minimum atomic E-state index is -0.0358. The summed E-state index contributed by atoms with van der Waals surface area (Å²) < 4.78 is 12.1. The van der Waals surface area contributed by atoms with E-state index in [4.69, 9.17) is 9.47 Å². The van der Waals surface area contributed by atoms with Crippen LogP contribution in [0.25, 0.3) is 5.70 Å². The van der Waals surface area contributed by atoms with E-state index >= 15 is 0 Å². The maximum Gasteiger partial charge on any atom is 0.127 e. The average Bonchev–Trinajstić information content (AvgIpc) is 3.27. The van der Waals surface area contributed by atoms with Crippen LogP contribution in [0.1, 0.15) is 50.2 Å². The van der Waals surface area contributed by atoms with Gasteiger partial charge in [-0.1, -0.05) is 35.3 Å². The molecule has 2 aliphatic rings. The maximum atomic E-state index is 5.65. The molecular formula is C29H42BrN5O2. The zero-order chi connectivity index (χ0) is 26.4. The summed E-state index contributed by atoms with van der Waals surface area (Å²) in [6, 6.07) is 12.5. The molecule has 7 nitrogen and oxygen atoms in total. The topological polar surface area (TPSA) is 61.0 Å². The maximum absolute atomic E-state index is 5.65. The van der Waals surface area contributed by atoms with Crippen molar-refractivity contribution in [1.82, 2.24) is 20.4 Å². The van der Waals surface area contributed by atoms with Crippen molar-refractivity contribution in [2.75, 3.05) is 46.7 Å². The van der Waals surface area contributed by atoms with Crippen LogP contribution in [0.2, 0.25) is 0 Å². The van der Waals surface area contributed by atoms with Crippen LogP contribution in [0.5, 0.6) is 11.5 Å². The highest BCUT2D eigenvalue weighted by molar-refractivity contribution is 9.10. The standard InChI is InChI=1S/C29H42BrN5O2/c1-6-7-10-26-33-27-28(35(26)16-9-8-15-34(2)3)23-17-21(30)12-14-24(23)32-29(27)31-19-20-11-13-22(36-4)18-25(20)37-5/h11-14,17-18,26,29,31-33H,6-10,15-16,19H2,1-5H3. The van der Waals surface area contributed by atoms with Gasteiger partial charge < -0.3 is 29.9 Å². The van der Waals surface area contributed by atoms with Crippen LogP contribution >= 0.6 is 15.9 Å². The molecule has 2 aliphatic heterocycles. The van der Waals surface area contributed by atoms with E-state index in [0.29, 0.717) is 12.7 Å². The van der Waals surface area contributed by atoms with Crippen LogP contribution < -0.4 is 25.4 Å². The van der Waals surface area contributed by atoms with Gasteiger partial charge in [-0.05, 0) is 70.6 Å². The smallest absolute Gasteiger partial charge is 0.127 e. The molecule has 2 unspecified atom stereocenters. The third-order valence-electron chi connectivity index (χ3n) is 7.14. The van der Waals surface area contributed by atoms with E-state index in [1.54, 1.807) is 14.2 Å². The number of fused-ring (bicyclic) bond motifs is 2. The van der Waals surface area contributed by atoms with Gasteiger partial charge in [0.05, 0.1) is 31.8 Å². The first-order valence-corrected chi connectivity index (χ1v) is 14.2. The SMILES string of the molecule is CCCCC1NC2=C(c3cc(Br)ccc3NC2NCc2ccc(OC)cc2OC)N1CCCCN(C)C. The number of anilines is 1. The molecule has 4 rings (SSSR count). The molecule has 0 aliphatic carbocycles. The Kier molecular flexibility index (Phi) is 9.62. The first-order chi connectivity index (χ1) is 17.9. The summed E-state index contributed by atoms with van der Waals surface area (Å²) in [5.41, 5.74) is 6.04. The lowest BCUT2D eigenvalue weighted by molar-refractivity contribution is 0.260. The van der Waals surface area contributed by atoms with Gasteiger partial charge in [-0.3, -0.25) is 5.32 Å². The van der Waals surface area contributed by atoms with Crippen LogP contribution in [-0.4, -0.2) is 63.5 Å². The molecule has 0 aromatic heterocycles. The molecule has 2 aromatic rings. The van der Waals surface area contributed by atoms with Gasteiger partial charge in [-0.15, -0.1) is 0 Å². The Morgan fingerprint density at radius 1 is 1.03 bits per heavy atom. The molecule has 0 saturated heterocycles. The van der Waals surface area contributed by atoms with E-state index in [0.717, 1.165) is 53.2 Å².